The second-order valence-electron chi connectivity index (χ2n) is 3.94. The van der Waals surface area contributed by atoms with E-state index in [2.05, 4.69) is 5.32 Å². The molecule has 0 fully saturated rings. The Morgan fingerprint density at radius 1 is 1.24 bits per heavy atom. The number of carbonyl (C=O) groups is 3. The minimum atomic E-state index is -1.56. The Labute approximate surface area is 129 Å². The lowest BCUT2D eigenvalue weighted by Crippen LogP contribution is -2.42. The fourth-order valence-corrected chi connectivity index (χ4v) is 2.14. The number of aliphatic carboxylic acids is 2. The van der Waals surface area contributed by atoms with Crippen molar-refractivity contribution in [2.24, 2.45) is 0 Å². The van der Waals surface area contributed by atoms with Gasteiger partial charge in [-0.2, -0.15) is 0 Å². The second-order valence-corrected chi connectivity index (χ2v) is 4.75. The van der Waals surface area contributed by atoms with Crippen molar-refractivity contribution < 1.29 is 29.3 Å². The van der Waals surface area contributed by atoms with Crippen molar-refractivity contribution in [1.29, 1.82) is 0 Å². The van der Waals surface area contributed by atoms with Gasteiger partial charge in [0.15, 0.2) is 5.75 Å². The smallest absolute Gasteiger partial charge is 0.326 e. The van der Waals surface area contributed by atoms with Crippen LogP contribution in [-0.4, -0.2) is 41.2 Å². The fraction of sp³-hybridized carbons (Fsp3) is 0.250. The van der Waals surface area contributed by atoms with Crippen molar-refractivity contribution in [2.75, 3.05) is 7.11 Å². The van der Waals surface area contributed by atoms with E-state index in [1.165, 1.54) is 19.2 Å². The number of ether oxygens (including phenoxy) is 1. The number of methoxy groups -OCH3 is 1. The lowest BCUT2D eigenvalue weighted by atomic mass is 10.1. The van der Waals surface area contributed by atoms with E-state index in [4.69, 9.17) is 38.2 Å². The van der Waals surface area contributed by atoms with Crippen LogP contribution in [-0.2, 0) is 9.59 Å². The highest BCUT2D eigenvalue weighted by Gasteiger charge is 2.24. The molecule has 21 heavy (non-hydrogen) atoms. The van der Waals surface area contributed by atoms with Crippen LogP contribution in [0.3, 0.4) is 0 Å². The van der Waals surface area contributed by atoms with Crippen molar-refractivity contribution in [3.05, 3.63) is 27.7 Å². The maximum absolute atomic E-state index is 11.9. The summed E-state index contributed by atoms with van der Waals surface area (Å²) < 4.78 is 4.92. The molecule has 0 aromatic heterocycles. The number of amides is 1. The molecule has 1 amide bonds. The molecule has 0 radical (unpaired) electrons. The molecule has 3 N–H and O–H groups in total. The Balaban J connectivity index is 2.98. The van der Waals surface area contributed by atoms with Crippen molar-refractivity contribution in [3.63, 3.8) is 0 Å². The minimum Gasteiger partial charge on any atom is -0.494 e. The molecular formula is C12H11Cl2NO6. The first kappa shape index (κ1) is 17.1. The third-order valence-electron chi connectivity index (χ3n) is 2.45. The van der Waals surface area contributed by atoms with Gasteiger partial charge in [-0.05, 0) is 12.1 Å². The number of rotatable bonds is 6. The highest BCUT2D eigenvalue weighted by Crippen LogP contribution is 2.33. The molecule has 0 saturated heterocycles. The molecule has 0 spiro atoms. The average Bonchev–Trinajstić information content (AvgIpc) is 2.36. The van der Waals surface area contributed by atoms with Crippen LogP contribution in [0.15, 0.2) is 12.1 Å². The number of benzene rings is 1. The van der Waals surface area contributed by atoms with Crippen LogP contribution in [0.2, 0.25) is 10.0 Å². The number of nitrogens with one attached hydrogen (secondary N) is 1. The Morgan fingerprint density at radius 2 is 1.76 bits per heavy atom. The van der Waals surface area contributed by atoms with Crippen molar-refractivity contribution in [1.82, 2.24) is 5.32 Å². The van der Waals surface area contributed by atoms with Gasteiger partial charge in [0.1, 0.15) is 6.04 Å². The Hall–Kier alpha value is -1.99. The number of hydrogen-bond donors (Lipinski definition) is 3. The quantitative estimate of drug-likeness (QED) is 0.728. The van der Waals surface area contributed by atoms with Gasteiger partial charge in [0.05, 0.1) is 23.6 Å². The molecule has 0 aliphatic heterocycles. The van der Waals surface area contributed by atoms with Crippen LogP contribution in [0.4, 0.5) is 0 Å². The molecule has 1 atom stereocenters. The number of carboxylic acid groups (broad SMARTS) is 2. The maximum Gasteiger partial charge on any atom is 0.326 e. The number of halogens is 2. The van der Waals surface area contributed by atoms with E-state index >= 15 is 0 Å². The molecule has 7 nitrogen and oxygen atoms in total. The number of hydrogen-bond acceptors (Lipinski definition) is 4. The summed E-state index contributed by atoms with van der Waals surface area (Å²) in [5.41, 5.74) is -0.0116. The summed E-state index contributed by atoms with van der Waals surface area (Å²) in [6.07, 6.45) is -0.751. The maximum atomic E-state index is 11.9. The highest BCUT2D eigenvalue weighted by molar-refractivity contribution is 6.37. The molecule has 1 aromatic rings. The summed E-state index contributed by atoms with van der Waals surface area (Å²) in [5.74, 6) is -3.45. The van der Waals surface area contributed by atoms with Gasteiger partial charge in [0, 0.05) is 5.56 Å². The van der Waals surface area contributed by atoms with Crippen LogP contribution in [0, 0.1) is 0 Å². The molecule has 0 aliphatic rings. The van der Waals surface area contributed by atoms with Gasteiger partial charge in [-0.25, -0.2) is 4.79 Å². The van der Waals surface area contributed by atoms with Crippen molar-refractivity contribution >= 4 is 41.0 Å². The van der Waals surface area contributed by atoms with E-state index in [-0.39, 0.29) is 21.4 Å². The van der Waals surface area contributed by atoms with Gasteiger partial charge < -0.3 is 20.3 Å². The largest absolute Gasteiger partial charge is 0.494 e. The standard InChI is InChI=1S/C12H11Cl2NO6/c1-21-10-6(13)2-5(3-7(10)14)11(18)15-8(12(19)20)4-9(16)17/h2-3,8H,4H2,1H3,(H,15,18)(H,16,17)(H,19,20)/t8-/m0/s1. The first-order valence-corrected chi connectivity index (χ1v) is 6.30. The SMILES string of the molecule is COc1c(Cl)cc(C(=O)N[C@@H](CC(=O)O)C(=O)O)cc1Cl. The van der Waals surface area contributed by atoms with Crippen LogP contribution >= 0.6 is 23.2 Å². The van der Waals surface area contributed by atoms with E-state index in [1.54, 1.807) is 0 Å². The van der Waals surface area contributed by atoms with Gasteiger partial charge in [-0.1, -0.05) is 23.2 Å². The van der Waals surface area contributed by atoms with Crippen molar-refractivity contribution in [2.45, 2.75) is 12.5 Å². The summed E-state index contributed by atoms with van der Waals surface area (Å²) in [4.78, 5) is 33.4. The van der Waals surface area contributed by atoms with Crippen LogP contribution in [0.25, 0.3) is 0 Å². The van der Waals surface area contributed by atoms with Gasteiger partial charge >= 0.3 is 11.9 Å². The monoisotopic (exact) mass is 335 g/mol. The zero-order valence-corrected chi connectivity index (χ0v) is 12.2. The van der Waals surface area contributed by atoms with E-state index in [0.29, 0.717) is 0 Å². The van der Waals surface area contributed by atoms with Crippen LogP contribution in [0.5, 0.6) is 5.75 Å². The van der Waals surface area contributed by atoms with Gasteiger partial charge in [0.2, 0.25) is 0 Å². The van der Waals surface area contributed by atoms with E-state index in [9.17, 15) is 14.4 Å². The highest BCUT2D eigenvalue weighted by atomic mass is 35.5. The predicted molar refractivity (Wildman–Crippen MR) is 74.2 cm³/mol. The summed E-state index contributed by atoms with van der Waals surface area (Å²) in [5, 5.41) is 19.7. The number of carboxylic acids is 2. The van der Waals surface area contributed by atoms with Crippen LogP contribution < -0.4 is 10.1 Å². The number of carbonyl (C=O) groups excluding carboxylic acids is 1. The van der Waals surface area contributed by atoms with Crippen molar-refractivity contribution in [3.8, 4) is 5.75 Å². The Bertz CT molecular complexity index is 566. The summed E-state index contributed by atoms with van der Waals surface area (Å²) >= 11 is 11.7. The van der Waals surface area contributed by atoms with Gasteiger partial charge in [-0.3, -0.25) is 9.59 Å². The third kappa shape index (κ3) is 4.51. The molecular weight excluding hydrogens is 325 g/mol. The first-order valence-electron chi connectivity index (χ1n) is 5.54. The average molecular weight is 336 g/mol. The first-order chi connectivity index (χ1) is 9.76. The Morgan fingerprint density at radius 3 is 2.14 bits per heavy atom. The normalized spacial score (nSPS) is 11.6. The summed E-state index contributed by atoms with van der Waals surface area (Å²) in [7, 11) is 1.35. The summed E-state index contributed by atoms with van der Waals surface area (Å²) in [6.45, 7) is 0. The van der Waals surface area contributed by atoms with Gasteiger partial charge in [0.25, 0.3) is 5.91 Å². The topological polar surface area (TPSA) is 113 Å². The molecule has 1 rings (SSSR count). The molecule has 9 heteroatoms. The van der Waals surface area contributed by atoms with E-state index in [1.807, 2.05) is 0 Å². The molecule has 1 aromatic carbocycles. The molecule has 0 saturated carbocycles. The third-order valence-corrected chi connectivity index (χ3v) is 3.01. The lowest BCUT2D eigenvalue weighted by Gasteiger charge is -2.13. The Kier molecular flexibility index (Phi) is 5.80. The van der Waals surface area contributed by atoms with E-state index in [0.717, 1.165) is 0 Å². The molecule has 0 bridgehead atoms. The van der Waals surface area contributed by atoms with Gasteiger partial charge in [-0.15, -0.1) is 0 Å². The predicted octanol–water partition coefficient (Wildman–Crippen LogP) is 1.66. The van der Waals surface area contributed by atoms with Crippen LogP contribution in [0.1, 0.15) is 16.8 Å². The molecule has 114 valence electrons. The molecule has 0 heterocycles. The van der Waals surface area contributed by atoms with E-state index < -0.39 is 30.3 Å². The minimum absolute atomic E-state index is 0.0116. The molecule has 0 unspecified atom stereocenters. The second kappa shape index (κ2) is 7.14. The zero-order valence-electron chi connectivity index (χ0n) is 10.7. The molecule has 0 aliphatic carbocycles. The zero-order chi connectivity index (χ0) is 16.2. The summed E-state index contributed by atoms with van der Waals surface area (Å²) in [6, 6.07) is 0.914. The fourth-order valence-electron chi connectivity index (χ4n) is 1.50. The lowest BCUT2D eigenvalue weighted by molar-refractivity contribution is -0.145.